The highest BCUT2D eigenvalue weighted by atomic mass is 16.5. The number of hydrogen-bond donors (Lipinski definition) is 1. The van der Waals surface area contributed by atoms with Crippen LogP contribution in [0, 0.1) is 6.92 Å². The van der Waals surface area contributed by atoms with Crippen molar-refractivity contribution in [2.75, 3.05) is 20.2 Å². The maximum Gasteiger partial charge on any atom is 0.241 e. The third-order valence-corrected chi connectivity index (χ3v) is 2.89. The van der Waals surface area contributed by atoms with Gasteiger partial charge in [0.2, 0.25) is 5.91 Å². The Bertz CT molecular complexity index is 424. The molecular formula is C15H24N2O2. The molecule has 0 aromatic heterocycles. The van der Waals surface area contributed by atoms with Crippen molar-refractivity contribution in [1.29, 1.82) is 0 Å². The summed E-state index contributed by atoms with van der Waals surface area (Å²) in [4.78, 5) is 13.5. The summed E-state index contributed by atoms with van der Waals surface area (Å²) in [5.41, 5.74) is 6.08. The molecule has 0 spiro atoms. The summed E-state index contributed by atoms with van der Waals surface area (Å²) in [5, 5.41) is 0. The summed E-state index contributed by atoms with van der Waals surface area (Å²) < 4.78 is 5.68. The second-order valence-electron chi connectivity index (χ2n) is 5.42. The number of hydrogen-bond acceptors (Lipinski definition) is 3. The molecule has 4 nitrogen and oxygen atoms in total. The zero-order valence-corrected chi connectivity index (χ0v) is 12.3. The molecule has 0 bridgehead atoms. The van der Waals surface area contributed by atoms with E-state index in [9.17, 15) is 4.79 Å². The average Bonchev–Trinajstić information content (AvgIpc) is 2.34. The standard InChI is InChI=1S/C15H24N2O2/c1-12-8-5-6-9-13(12)19-11-7-10-17(4)14(18)15(2,3)16/h5-6,8-9H,7,10-11,16H2,1-4H3. The van der Waals surface area contributed by atoms with Crippen LogP contribution in [0.15, 0.2) is 24.3 Å². The second kappa shape index (κ2) is 6.57. The zero-order valence-electron chi connectivity index (χ0n) is 12.3. The molecule has 19 heavy (non-hydrogen) atoms. The molecule has 1 amide bonds. The van der Waals surface area contributed by atoms with E-state index in [2.05, 4.69) is 0 Å². The molecule has 0 fully saturated rings. The minimum Gasteiger partial charge on any atom is -0.493 e. The Morgan fingerprint density at radius 2 is 2.00 bits per heavy atom. The third-order valence-electron chi connectivity index (χ3n) is 2.89. The monoisotopic (exact) mass is 264 g/mol. The van der Waals surface area contributed by atoms with Crippen LogP contribution in [0.4, 0.5) is 0 Å². The molecule has 1 aromatic rings. The number of amides is 1. The first kappa shape index (κ1) is 15.5. The van der Waals surface area contributed by atoms with E-state index >= 15 is 0 Å². The number of para-hydroxylation sites is 1. The van der Waals surface area contributed by atoms with Crippen LogP contribution in [0.3, 0.4) is 0 Å². The van der Waals surface area contributed by atoms with E-state index in [-0.39, 0.29) is 5.91 Å². The number of nitrogens with zero attached hydrogens (tertiary/aromatic N) is 1. The SMILES string of the molecule is Cc1ccccc1OCCCN(C)C(=O)C(C)(C)N. The van der Waals surface area contributed by atoms with Gasteiger partial charge in [0.1, 0.15) is 5.75 Å². The molecule has 0 atom stereocenters. The molecule has 0 aliphatic rings. The molecule has 106 valence electrons. The van der Waals surface area contributed by atoms with Crippen LogP contribution in [0.5, 0.6) is 5.75 Å². The normalized spacial score (nSPS) is 11.2. The van der Waals surface area contributed by atoms with E-state index in [1.54, 1.807) is 25.8 Å². The summed E-state index contributed by atoms with van der Waals surface area (Å²) in [6.45, 7) is 6.69. The fourth-order valence-electron chi connectivity index (χ4n) is 1.80. The molecular weight excluding hydrogens is 240 g/mol. The quantitative estimate of drug-likeness (QED) is 0.799. The highest BCUT2D eigenvalue weighted by Crippen LogP contribution is 2.16. The van der Waals surface area contributed by atoms with Crippen LogP contribution < -0.4 is 10.5 Å². The fraction of sp³-hybridized carbons (Fsp3) is 0.533. The van der Waals surface area contributed by atoms with E-state index in [0.717, 1.165) is 17.7 Å². The summed E-state index contributed by atoms with van der Waals surface area (Å²) in [6, 6.07) is 7.90. The Balaban J connectivity index is 2.32. The van der Waals surface area contributed by atoms with Crippen molar-refractivity contribution >= 4 is 5.91 Å². The van der Waals surface area contributed by atoms with Gasteiger partial charge in [-0.25, -0.2) is 0 Å². The molecule has 2 N–H and O–H groups in total. The molecule has 0 unspecified atom stereocenters. The van der Waals surface area contributed by atoms with Crippen molar-refractivity contribution in [1.82, 2.24) is 4.90 Å². The number of ether oxygens (including phenoxy) is 1. The Hall–Kier alpha value is -1.55. The number of benzene rings is 1. The van der Waals surface area contributed by atoms with Gasteiger partial charge in [0.15, 0.2) is 0 Å². The van der Waals surface area contributed by atoms with Crippen molar-refractivity contribution in [3.63, 3.8) is 0 Å². The average molecular weight is 264 g/mol. The largest absolute Gasteiger partial charge is 0.493 e. The number of rotatable bonds is 6. The Kier molecular flexibility index (Phi) is 5.36. The molecule has 0 aliphatic heterocycles. The predicted octanol–water partition coefficient (Wildman–Crippen LogP) is 1.96. The molecule has 1 aromatic carbocycles. The van der Waals surface area contributed by atoms with Gasteiger partial charge in [0.05, 0.1) is 12.1 Å². The zero-order chi connectivity index (χ0) is 14.5. The first-order chi connectivity index (χ1) is 8.82. The lowest BCUT2D eigenvalue weighted by molar-refractivity contribution is -0.134. The molecule has 0 saturated heterocycles. The molecule has 0 radical (unpaired) electrons. The maximum absolute atomic E-state index is 11.8. The van der Waals surface area contributed by atoms with Crippen molar-refractivity contribution in [3.05, 3.63) is 29.8 Å². The number of aryl methyl sites for hydroxylation is 1. The van der Waals surface area contributed by atoms with Crippen LogP contribution in [0.1, 0.15) is 25.8 Å². The Morgan fingerprint density at radius 3 is 2.58 bits per heavy atom. The van der Waals surface area contributed by atoms with Gasteiger partial charge in [-0.1, -0.05) is 18.2 Å². The van der Waals surface area contributed by atoms with E-state index in [0.29, 0.717) is 13.2 Å². The minimum absolute atomic E-state index is 0.0524. The predicted molar refractivity (Wildman–Crippen MR) is 77.2 cm³/mol. The third kappa shape index (κ3) is 4.91. The van der Waals surface area contributed by atoms with E-state index in [1.165, 1.54) is 0 Å². The van der Waals surface area contributed by atoms with E-state index in [4.69, 9.17) is 10.5 Å². The van der Waals surface area contributed by atoms with Crippen LogP contribution in [0.25, 0.3) is 0 Å². The second-order valence-corrected chi connectivity index (χ2v) is 5.42. The number of carbonyl (C=O) groups is 1. The first-order valence-corrected chi connectivity index (χ1v) is 6.55. The van der Waals surface area contributed by atoms with Crippen LogP contribution in [-0.2, 0) is 4.79 Å². The van der Waals surface area contributed by atoms with Crippen molar-refractivity contribution in [2.24, 2.45) is 5.73 Å². The minimum atomic E-state index is -0.814. The Morgan fingerprint density at radius 1 is 1.37 bits per heavy atom. The lowest BCUT2D eigenvalue weighted by atomic mass is 10.1. The van der Waals surface area contributed by atoms with E-state index in [1.807, 2.05) is 31.2 Å². The van der Waals surface area contributed by atoms with Crippen LogP contribution in [0.2, 0.25) is 0 Å². The fourth-order valence-corrected chi connectivity index (χ4v) is 1.80. The number of likely N-dealkylation sites (N-methyl/N-ethyl adjacent to an activating group) is 1. The van der Waals surface area contributed by atoms with Crippen molar-refractivity contribution < 1.29 is 9.53 Å². The van der Waals surface area contributed by atoms with Gasteiger partial charge in [0, 0.05) is 13.6 Å². The van der Waals surface area contributed by atoms with Crippen molar-refractivity contribution in [2.45, 2.75) is 32.7 Å². The first-order valence-electron chi connectivity index (χ1n) is 6.55. The highest BCUT2D eigenvalue weighted by Gasteiger charge is 2.25. The Labute approximate surface area is 115 Å². The maximum atomic E-state index is 11.8. The molecule has 0 heterocycles. The van der Waals surface area contributed by atoms with Gasteiger partial charge < -0.3 is 15.4 Å². The number of nitrogens with two attached hydrogens (primary N) is 1. The highest BCUT2D eigenvalue weighted by molar-refractivity contribution is 5.84. The summed E-state index contributed by atoms with van der Waals surface area (Å²) >= 11 is 0. The van der Waals surface area contributed by atoms with Crippen LogP contribution in [-0.4, -0.2) is 36.5 Å². The van der Waals surface area contributed by atoms with Crippen molar-refractivity contribution in [3.8, 4) is 5.75 Å². The lowest BCUT2D eigenvalue weighted by Gasteiger charge is -2.25. The number of carbonyl (C=O) groups excluding carboxylic acids is 1. The summed E-state index contributed by atoms with van der Waals surface area (Å²) in [7, 11) is 1.77. The van der Waals surface area contributed by atoms with Gasteiger partial charge in [-0.3, -0.25) is 4.79 Å². The molecule has 4 heteroatoms. The summed E-state index contributed by atoms with van der Waals surface area (Å²) in [5.74, 6) is 0.846. The topological polar surface area (TPSA) is 55.6 Å². The lowest BCUT2D eigenvalue weighted by Crippen LogP contribution is -2.50. The summed E-state index contributed by atoms with van der Waals surface area (Å²) in [6.07, 6.45) is 0.784. The van der Waals surface area contributed by atoms with Gasteiger partial charge in [-0.05, 0) is 38.8 Å². The van der Waals surface area contributed by atoms with Gasteiger partial charge >= 0.3 is 0 Å². The van der Waals surface area contributed by atoms with Crippen LogP contribution >= 0.6 is 0 Å². The molecule has 1 rings (SSSR count). The van der Waals surface area contributed by atoms with E-state index < -0.39 is 5.54 Å². The van der Waals surface area contributed by atoms with Gasteiger partial charge in [-0.15, -0.1) is 0 Å². The van der Waals surface area contributed by atoms with Gasteiger partial charge in [-0.2, -0.15) is 0 Å². The smallest absolute Gasteiger partial charge is 0.241 e. The molecule has 0 aliphatic carbocycles. The van der Waals surface area contributed by atoms with Gasteiger partial charge in [0.25, 0.3) is 0 Å². The molecule has 0 saturated carbocycles.